The van der Waals surface area contributed by atoms with Crippen molar-refractivity contribution in [2.24, 2.45) is 0 Å². The van der Waals surface area contributed by atoms with E-state index in [4.69, 9.17) is 0 Å². The first-order chi connectivity index (χ1) is 7.67. The topological polar surface area (TPSA) is 20.2 Å². The van der Waals surface area contributed by atoms with Crippen molar-refractivity contribution in [2.45, 2.75) is 48.7 Å². The van der Waals surface area contributed by atoms with E-state index >= 15 is 0 Å². The highest BCUT2D eigenvalue weighted by Crippen LogP contribution is 2.51. The van der Waals surface area contributed by atoms with Gasteiger partial charge in [0.05, 0.1) is 5.60 Å². The molecule has 2 aliphatic rings. The molecule has 0 spiro atoms. The normalized spacial score (nSPS) is 37.6. The molecule has 1 nitrogen and oxygen atoms in total. The zero-order chi connectivity index (χ0) is 11.2. The Morgan fingerprint density at radius 2 is 1.81 bits per heavy atom. The Bertz CT molecular complexity index is 389. The highest BCUT2D eigenvalue weighted by Gasteiger charge is 2.44. The standard InChI is InChI=1S/C14H18OS/c1-10-4-2-3-5-13(10)14(15)8-11-6-7-12(9-14)16-11/h2-5,11-12,15H,6-9H2,1H3. The number of rotatable bonds is 1. The molecule has 2 fully saturated rings. The maximum atomic E-state index is 10.9. The molecule has 2 bridgehead atoms. The van der Waals surface area contributed by atoms with Gasteiger partial charge < -0.3 is 5.11 Å². The molecule has 2 heterocycles. The van der Waals surface area contributed by atoms with Crippen LogP contribution in [0.3, 0.4) is 0 Å². The highest BCUT2D eigenvalue weighted by atomic mass is 32.2. The van der Waals surface area contributed by atoms with Crippen LogP contribution in [0.4, 0.5) is 0 Å². The van der Waals surface area contributed by atoms with Crippen molar-refractivity contribution >= 4 is 11.8 Å². The zero-order valence-electron chi connectivity index (χ0n) is 9.65. The van der Waals surface area contributed by atoms with Crippen LogP contribution < -0.4 is 0 Å². The molecule has 0 amide bonds. The Hall–Kier alpha value is -0.470. The van der Waals surface area contributed by atoms with Gasteiger partial charge in [0.25, 0.3) is 0 Å². The van der Waals surface area contributed by atoms with Crippen molar-refractivity contribution in [1.29, 1.82) is 0 Å². The Morgan fingerprint density at radius 1 is 1.19 bits per heavy atom. The Kier molecular flexibility index (Phi) is 2.52. The minimum atomic E-state index is -0.553. The first-order valence-corrected chi connectivity index (χ1v) is 7.06. The first kappa shape index (κ1) is 10.7. The largest absolute Gasteiger partial charge is 0.385 e. The van der Waals surface area contributed by atoms with E-state index in [0.717, 1.165) is 18.4 Å². The van der Waals surface area contributed by atoms with Gasteiger partial charge in [0.15, 0.2) is 0 Å². The maximum Gasteiger partial charge on any atom is 0.0920 e. The summed E-state index contributed by atoms with van der Waals surface area (Å²) in [4.78, 5) is 0. The number of aryl methyl sites for hydroxylation is 1. The fourth-order valence-electron chi connectivity index (χ4n) is 3.23. The third kappa shape index (κ3) is 1.68. The average Bonchev–Trinajstić information content (AvgIpc) is 2.59. The molecule has 1 N–H and O–H groups in total. The Balaban J connectivity index is 1.96. The van der Waals surface area contributed by atoms with Crippen LogP contribution in [0.15, 0.2) is 24.3 Å². The molecule has 0 radical (unpaired) electrons. The molecule has 1 aromatic rings. The van der Waals surface area contributed by atoms with E-state index in [9.17, 15) is 5.11 Å². The van der Waals surface area contributed by atoms with Gasteiger partial charge in [0, 0.05) is 10.5 Å². The Morgan fingerprint density at radius 3 is 2.44 bits per heavy atom. The SMILES string of the molecule is Cc1ccccc1C1(O)CC2CCC(C1)S2. The average molecular weight is 234 g/mol. The number of aliphatic hydroxyl groups is 1. The fraction of sp³-hybridized carbons (Fsp3) is 0.571. The molecule has 1 aromatic carbocycles. The van der Waals surface area contributed by atoms with Crippen LogP contribution >= 0.6 is 11.8 Å². The maximum absolute atomic E-state index is 10.9. The fourth-order valence-corrected chi connectivity index (χ4v) is 5.06. The molecular formula is C14H18OS. The van der Waals surface area contributed by atoms with Gasteiger partial charge in [0.1, 0.15) is 0 Å². The third-order valence-electron chi connectivity index (χ3n) is 3.97. The number of hydrogen-bond donors (Lipinski definition) is 1. The van der Waals surface area contributed by atoms with Crippen molar-refractivity contribution in [3.05, 3.63) is 35.4 Å². The molecule has 2 saturated heterocycles. The monoisotopic (exact) mass is 234 g/mol. The second-order valence-corrected chi connectivity index (χ2v) is 6.82. The van der Waals surface area contributed by atoms with Gasteiger partial charge in [-0.1, -0.05) is 24.3 Å². The molecular weight excluding hydrogens is 216 g/mol. The van der Waals surface area contributed by atoms with Gasteiger partial charge in [-0.15, -0.1) is 0 Å². The van der Waals surface area contributed by atoms with E-state index in [1.807, 2.05) is 12.1 Å². The van der Waals surface area contributed by atoms with Crippen molar-refractivity contribution in [3.63, 3.8) is 0 Å². The summed E-state index contributed by atoms with van der Waals surface area (Å²) in [5.41, 5.74) is 1.84. The van der Waals surface area contributed by atoms with E-state index in [1.54, 1.807) is 0 Å². The van der Waals surface area contributed by atoms with E-state index in [1.165, 1.54) is 18.4 Å². The van der Waals surface area contributed by atoms with Crippen LogP contribution in [0.5, 0.6) is 0 Å². The van der Waals surface area contributed by atoms with Crippen LogP contribution in [0.2, 0.25) is 0 Å². The van der Waals surface area contributed by atoms with Crippen LogP contribution in [0.1, 0.15) is 36.8 Å². The van der Waals surface area contributed by atoms with Crippen LogP contribution in [0, 0.1) is 6.92 Å². The summed E-state index contributed by atoms with van der Waals surface area (Å²) in [6, 6.07) is 8.31. The van der Waals surface area contributed by atoms with Crippen LogP contribution in [0.25, 0.3) is 0 Å². The molecule has 2 unspecified atom stereocenters. The van der Waals surface area contributed by atoms with Crippen LogP contribution in [-0.4, -0.2) is 15.6 Å². The lowest BCUT2D eigenvalue weighted by Crippen LogP contribution is -2.35. The molecule has 2 atom stereocenters. The lowest BCUT2D eigenvalue weighted by Gasteiger charge is -2.37. The molecule has 0 saturated carbocycles. The minimum absolute atomic E-state index is 0.553. The van der Waals surface area contributed by atoms with Crippen molar-refractivity contribution in [2.75, 3.05) is 0 Å². The van der Waals surface area contributed by atoms with E-state index < -0.39 is 5.60 Å². The van der Waals surface area contributed by atoms with E-state index in [-0.39, 0.29) is 0 Å². The van der Waals surface area contributed by atoms with Gasteiger partial charge in [-0.25, -0.2) is 0 Å². The van der Waals surface area contributed by atoms with Gasteiger partial charge in [-0.05, 0) is 43.7 Å². The zero-order valence-corrected chi connectivity index (χ0v) is 10.5. The summed E-state index contributed by atoms with van der Waals surface area (Å²) in [6.45, 7) is 2.11. The van der Waals surface area contributed by atoms with E-state index in [0.29, 0.717) is 10.5 Å². The highest BCUT2D eigenvalue weighted by molar-refractivity contribution is 8.00. The number of thioether (sulfide) groups is 1. The van der Waals surface area contributed by atoms with Crippen molar-refractivity contribution in [1.82, 2.24) is 0 Å². The second kappa shape index (κ2) is 3.78. The second-order valence-electron chi connectivity index (χ2n) is 5.21. The number of hydrogen-bond acceptors (Lipinski definition) is 2. The third-order valence-corrected chi connectivity index (χ3v) is 5.55. The number of benzene rings is 1. The van der Waals surface area contributed by atoms with Gasteiger partial charge >= 0.3 is 0 Å². The summed E-state index contributed by atoms with van der Waals surface area (Å²) in [5.74, 6) is 0. The van der Waals surface area contributed by atoms with Gasteiger partial charge in [0.2, 0.25) is 0 Å². The van der Waals surface area contributed by atoms with Gasteiger partial charge in [-0.2, -0.15) is 11.8 Å². The minimum Gasteiger partial charge on any atom is -0.385 e. The molecule has 0 aromatic heterocycles. The van der Waals surface area contributed by atoms with E-state index in [2.05, 4.69) is 30.8 Å². The lowest BCUT2D eigenvalue weighted by atomic mass is 9.83. The Labute approximate surface area is 101 Å². The number of fused-ring (bicyclic) bond motifs is 2. The molecule has 16 heavy (non-hydrogen) atoms. The molecule has 2 heteroatoms. The first-order valence-electron chi connectivity index (χ1n) is 6.11. The summed E-state index contributed by atoms with van der Waals surface area (Å²) in [7, 11) is 0. The molecule has 86 valence electrons. The van der Waals surface area contributed by atoms with Gasteiger partial charge in [-0.3, -0.25) is 0 Å². The van der Waals surface area contributed by atoms with Crippen LogP contribution in [-0.2, 0) is 5.60 Å². The quantitative estimate of drug-likeness (QED) is 0.805. The summed E-state index contributed by atoms with van der Waals surface area (Å²) >= 11 is 2.10. The van der Waals surface area contributed by atoms with Crippen molar-refractivity contribution < 1.29 is 5.11 Å². The summed E-state index contributed by atoms with van der Waals surface area (Å²) < 4.78 is 0. The molecule has 3 rings (SSSR count). The predicted molar refractivity (Wildman–Crippen MR) is 68.7 cm³/mol. The summed E-state index contributed by atoms with van der Waals surface area (Å²) in [5, 5.41) is 12.3. The molecule has 0 aliphatic carbocycles. The van der Waals surface area contributed by atoms with Crippen molar-refractivity contribution in [3.8, 4) is 0 Å². The summed E-state index contributed by atoms with van der Waals surface area (Å²) in [6.07, 6.45) is 4.48. The predicted octanol–water partition coefficient (Wildman–Crippen LogP) is 3.24. The molecule has 2 aliphatic heterocycles. The lowest BCUT2D eigenvalue weighted by molar-refractivity contribution is 0.0190. The smallest absolute Gasteiger partial charge is 0.0920 e.